The Balaban J connectivity index is 1.96. The Morgan fingerprint density at radius 3 is 2.25 bits per heavy atom. The third-order valence-corrected chi connectivity index (χ3v) is 4.50. The standard InChI is InChI=1S/C20H30N2O6/c1-5-28-20(24)13-22(11-14-6-7-14)12-19(23)21-10-15-8-17(26-3)18(27-4)9-16(15)25-2/h8-9,14H,5-7,10-13H2,1-4H3,(H,21,23). The lowest BCUT2D eigenvalue weighted by atomic mass is 10.1. The van der Waals surface area contributed by atoms with Crippen LogP contribution in [-0.4, -0.2) is 64.3 Å². The van der Waals surface area contributed by atoms with Gasteiger partial charge in [0.2, 0.25) is 5.91 Å². The minimum Gasteiger partial charge on any atom is -0.496 e. The Morgan fingerprint density at radius 1 is 1.04 bits per heavy atom. The molecule has 2 rings (SSSR count). The van der Waals surface area contributed by atoms with Crippen molar-refractivity contribution in [3.05, 3.63) is 17.7 Å². The van der Waals surface area contributed by atoms with Crippen LogP contribution in [0.15, 0.2) is 12.1 Å². The van der Waals surface area contributed by atoms with Crippen LogP contribution in [0, 0.1) is 5.92 Å². The zero-order valence-corrected chi connectivity index (χ0v) is 17.1. The number of nitrogens with zero attached hydrogens (tertiary/aromatic N) is 1. The van der Waals surface area contributed by atoms with E-state index in [1.807, 2.05) is 4.90 Å². The second-order valence-corrected chi connectivity index (χ2v) is 6.71. The third kappa shape index (κ3) is 6.60. The second kappa shape index (κ2) is 10.8. The second-order valence-electron chi connectivity index (χ2n) is 6.71. The summed E-state index contributed by atoms with van der Waals surface area (Å²) in [7, 11) is 4.66. The minimum atomic E-state index is -0.308. The molecule has 0 aromatic heterocycles. The van der Waals surface area contributed by atoms with E-state index in [2.05, 4.69) is 5.32 Å². The number of hydrogen-bond donors (Lipinski definition) is 1. The summed E-state index contributed by atoms with van der Waals surface area (Å²) in [6.07, 6.45) is 2.29. The average molecular weight is 394 g/mol. The molecule has 0 unspecified atom stereocenters. The molecule has 1 aliphatic carbocycles. The van der Waals surface area contributed by atoms with Crippen molar-refractivity contribution < 1.29 is 28.5 Å². The molecule has 1 aromatic carbocycles. The molecule has 0 atom stereocenters. The van der Waals surface area contributed by atoms with Crippen molar-refractivity contribution in [1.82, 2.24) is 10.2 Å². The van der Waals surface area contributed by atoms with E-state index in [-0.39, 0.29) is 31.5 Å². The zero-order valence-electron chi connectivity index (χ0n) is 17.1. The first-order chi connectivity index (χ1) is 13.5. The number of ether oxygens (including phenoxy) is 4. The SMILES string of the molecule is CCOC(=O)CN(CC(=O)NCc1cc(OC)c(OC)cc1OC)CC1CC1. The Hall–Kier alpha value is -2.48. The fourth-order valence-corrected chi connectivity index (χ4v) is 2.92. The van der Waals surface area contributed by atoms with Gasteiger partial charge in [0.25, 0.3) is 0 Å². The number of hydrogen-bond acceptors (Lipinski definition) is 7. The third-order valence-electron chi connectivity index (χ3n) is 4.50. The first kappa shape index (κ1) is 21.8. The molecule has 8 nitrogen and oxygen atoms in total. The van der Waals surface area contributed by atoms with Gasteiger partial charge in [-0.05, 0) is 31.7 Å². The van der Waals surface area contributed by atoms with Gasteiger partial charge in [0.05, 0.1) is 41.0 Å². The van der Waals surface area contributed by atoms with Crippen molar-refractivity contribution in [2.24, 2.45) is 5.92 Å². The molecule has 0 spiro atoms. The first-order valence-corrected chi connectivity index (χ1v) is 9.44. The van der Waals surface area contributed by atoms with Crippen molar-refractivity contribution in [2.45, 2.75) is 26.3 Å². The van der Waals surface area contributed by atoms with Crippen LogP contribution in [0.2, 0.25) is 0 Å². The van der Waals surface area contributed by atoms with Gasteiger partial charge < -0.3 is 24.3 Å². The molecule has 0 radical (unpaired) electrons. The van der Waals surface area contributed by atoms with Crippen LogP contribution in [0.3, 0.4) is 0 Å². The van der Waals surface area contributed by atoms with Gasteiger partial charge in [-0.2, -0.15) is 0 Å². The topological polar surface area (TPSA) is 86.3 Å². The molecule has 1 aliphatic rings. The van der Waals surface area contributed by atoms with E-state index >= 15 is 0 Å². The van der Waals surface area contributed by atoms with Gasteiger partial charge in [-0.25, -0.2) is 0 Å². The minimum absolute atomic E-state index is 0.122. The Morgan fingerprint density at radius 2 is 1.68 bits per heavy atom. The maximum Gasteiger partial charge on any atom is 0.320 e. The van der Waals surface area contributed by atoms with Crippen molar-refractivity contribution in [1.29, 1.82) is 0 Å². The van der Waals surface area contributed by atoms with Crippen molar-refractivity contribution >= 4 is 11.9 Å². The van der Waals surface area contributed by atoms with Gasteiger partial charge in [-0.1, -0.05) is 0 Å². The molecular formula is C20H30N2O6. The van der Waals surface area contributed by atoms with Crippen LogP contribution >= 0.6 is 0 Å². The van der Waals surface area contributed by atoms with E-state index < -0.39 is 0 Å². The summed E-state index contributed by atoms with van der Waals surface area (Å²) in [4.78, 5) is 26.1. The largest absolute Gasteiger partial charge is 0.496 e. The molecule has 1 aromatic rings. The smallest absolute Gasteiger partial charge is 0.320 e. The highest BCUT2D eigenvalue weighted by atomic mass is 16.5. The number of methoxy groups -OCH3 is 3. The van der Waals surface area contributed by atoms with E-state index in [1.54, 1.807) is 40.4 Å². The molecule has 0 saturated heterocycles. The predicted molar refractivity (Wildman–Crippen MR) is 104 cm³/mol. The van der Waals surface area contributed by atoms with Crippen LogP contribution in [-0.2, 0) is 20.9 Å². The van der Waals surface area contributed by atoms with Gasteiger partial charge in [0, 0.05) is 24.7 Å². The van der Waals surface area contributed by atoms with Crippen LogP contribution in [0.5, 0.6) is 17.2 Å². The normalized spacial score (nSPS) is 13.2. The lowest BCUT2D eigenvalue weighted by molar-refractivity contribution is -0.144. The monoisotopic (exact) mass is 394 g/mol. The Labute approximate surface area is 166 Å². The molecule has 1 fully saturated rings. The van der Waals surface area contributed by atoms with Crippen molar-refractivity contribution in [2.75, 3.05) is 47.6 Å². The molecule has 1 saturated carbocycles. The number of carbonyl (C=O) groups excluding carboxylic acids is 2. The fraction of sp³-hybridized carbons (Fsp3) is 0.600. The van der Waals surface area contributed by atoms with E-state index in [9.17, 15) is 9.59 Å². The molecule has 28 heavy (non-hydrogen) atoms. The summed E-state index contributed by atoms with van der Waals surface area (Å²) in [6.45, 7) is 3.38. The van der Waals surface area contributed by atoms with Crippen molar-refractivity contribution in [3.8, 4) is 17.2 Å². The van der Waals surface area contributed by atoms with E-state index in [1.165, 1.54) is 0 Å². The van der Waals surface area contributed by atoms with Gasteiger partial charge in [0.1, 0.15) is 5.75 Å². The van der Waals surface area contributed by atoms with Gasteiger partial charge in [-0.15, -0.1) is 0 Å². The Bertz CT molecular complexity index is 675. The molecular weight excluding hydrogens is 364 g/mol. The van der Waals surface area contributed by atoms with Crippen LogP contribution in [0.1, 0.15) is 25.3 Å². The van der Waals surface area contributed by atoms with E-state index in [0.29, 0.717) is 29.8 Å². The highest BCUT2D eigenvalue weighted by Gasteiger charge is 2.26. The number of nitrogens with one attached hydrogen (secondary N) is 1. The maximum absolute atomic E-state index is 12.4. The summed E-state index contributed by atoms with van der Waals surface area (Å²) in [6, 6.07) is 3.50. The lowest BCUT2D eigenvalue weighted by Gasteiger charge is -2.21. The zero-order chi connectivity index (χ0) is 20.5. The van der Waals surface area contributed by atoms with E-state index in [0.717, 1.165) is 24.9 Å². The quantitative estimate of drug-likeness (QED) is 0.539. The summed E-state index contributed by atoms with van der Waals surface area (Å²) >= 11 is 0. The number of rotatable bonds is 12. The van der Waals surface area contributed by atoms with Crippen LogP contribution in [0.25, 0.3) is 0 Å². The fourth-order valence-electron chi connectivity index (χ4n) is 2.92. The number of benzene rings is 1. The highest BCUT2D eigenvalue weighted by molar-refractivity contribution is 5.79. The number of amides is 1. The van der Waals surface area contributed by atoms with Gasteiger partial charge in [-0.3, -0.25) is 14.5 Å². The number of esters is 1. The lowest BCUT2D eigenvalue weighted by Crippen LogP contribution is -2.41. The Kier molecular flexibility index (Phi) is 8.38. The first-order valence-electron chi connectivity index (χ1n) is 9.44. The molecule has 0 bridgehead atoms. The highest BCUT2D eigenvalue weighted by Crippen LogP contribution is 2.34. The molecule has 0 aliphatic heterocycles. The molecule has 0 heterocycles. The van der Waals surface area contributed by atoms with Crippen LogP contribution in [0.4, 0.5) is 0 Å². The van der Waals surface area contributed by atoms with E-state index in [4.69, 9.17) is 18.9 Å². The molecule has 156 valence electrons. The summed E-state index contributed by atoms with van der Waals surface area (Å²) in [5.74, 6) is 1.80. The molecule has 1 amide bonds. The summed E-state index contributed by atoms with van der Waals surface area (Å²) in [5.41, 5.74) is 0.771. The van der Waals surface area contributed by atoms with Gasteiger partial charge >= 0.3 is 5.97 Å². The van der Waals surface area contributed by atoms with Crippen LogP contribution < -0.4 is 19.5 Å². The molecule has 8 heteroatoms. The van der Waals surface area contributed by atoms with Crippen molar-refractivity contribution in [3.63, 3.8) is 0 Å². The predicted octanol–water partition coefficient (Wildman–Crippen LogP) is 1.60. The average Bonchev–Trinajstić information content (AvgIpc) is 3.49. The summed E-state index contributed by atoms with van der Waals surface area (Å²) < 4.78 is 21.0. The number of carbonyl (C=O) groups is 2. The summed E-state index contributed by atoms with van der Waals surface area (Å²) in [5, 5.41) is 2.88. The molecule has 1 N–H and O–H groups in total. The van der Waals surface area contributed by atoms with Gasteiger partial charge in [0.15, 0.2) is 11.5 Å². The maximum atomic E-state index is 12.4.